The highest BCUT2D eigenvalue weighted by atomic mass is 35.5. The minimum Gasteiger partial charge on any atom is -0.352 e. The lowest BCUT2D eigenvalue weighted by Crippen LogP contribution is -2.36. The van der Waals surface area contributed by atoms with Gasteiger partial charge in [-0.2, -0.15) is 0 Å². The van der Waals surface area contributed by atoms with Crippen LogP contribution in [-0.4, -0.2) is 21.5 Å². The Kier molecular flexibility index (Phi) is 3.85. The van der Waals surface area contributed by atoms with Crippen LogP contribution in [0.2, 0.25) is 5.15 Å². The first-order valence-electron chi connectivity index (χ1n) is 4.51. The van der Waals surface area contributed by atoms with Crippen molar-refractivity contribution >= 4 is 17.5 Å². The molecule has 0 spiro atoms. The van der Waals surface area contributed by atoms with Crippen LogP contribution in [0.3, 0.4) is 0 Å². The van der Waals surface area contributed by atoms with Gasteiger partial charge in [0.05, 0.1) is 0 Å². The van der Waals surface area contributed by atoms with Crippen molar-refractivity contribution in [3.63, 3.8) is 0 Å². The van der Waals surface area contributed by atoms with E-state index in [9.17, 15) is 9.59 Å². The van der Waals surface area contributed by atoms with Gasteiger partial charge in [-0.25, -0.2) is 4.98 Å². The summed E-state index contributed by atoms with van der Waals surface area (Å²) in [6.45, 7) is 3.65. The van der Waals surface area contributed by atoms with Crippen molar-refractivity contribution < 1.29 is 4.79 Å². The first-order chi connectivity index (χ1) is 7.00. The lowest BCUT2D eigenvalue weighted by atomic mass is 10.4. The summed E-state index contributed by atoms with van der Waals surface area (Å²) < 4.78 is 1.22. The maximum Gasteiger partial charge on any atom is 0.288 e. The van der Waals surface area contributed by atoms with Crippen LogP contribution in [0.5, 0.6) is 0 Å². The van der Waals surface area contributed by atoms with Gasteiger partial charge in [-0.1, -0.05) is 11.6 Å². The van der Waals surface area contributed by atoms with E-state index in [0.29, 0.717) is 0 Å². The number of carbonyl (C=O) groups excluding carboxylic acids is 1. The van der Waals surface area contributed by atoms with Crippen molar-refractivity contribution in [1.29, 1.82) is 0 Å². The van der Waals surface area contributed by atoms with Gasteiger partial charge in [0.2, 0.25) is 5.91 Å². The molecule has 0 aliphatic rings. The molecule has 1 aromatic rings. The van der Waals surface area contributed by atoms with Crippen molar-refractivity contribution in [3.8, 4) is 0 Å². The first kappa shape index (κ1) is 11.7. The zero-order valence-corrected chi connectivity index (χ0v) is 9.28. The molecule has 0 unspecified atom stereocenters. The molecular weight excluding hydrogens is 218 g/mol. The average Bonchev–Trinajstić information content (AvgIpc) is 2.11. The van der Waals surface area contributed by atoms with Gasteiger partial charge in [0.1, 0.15) is 6.54 Å². The predicted molar refractivity (Wildman–Crippen MR) is 56.8 cm³/mol. The third kappa shape index (κ3) is 3.36. The zero-order valence-electron chi connectivity index (χ0n) is 8.53. The maximum absolute atomic E-state index is 11.4. The highest BCUT2D eigenvalue weighted by Gasteiger charge is 2.07. The summed E-state index contributed by atoms with van der Waals surface area (Å²) in [6, 6.07) is 0.0468. The van der Waals surface area contributed by atoms with Gasteiger partial charge in [0.15, 0.2) is 5.15 Å². The Hall–Kier alpha value is -1.36. The number of amides is 1. The van der Waals surface area contributed by atoms with E-state index >= 15 is 0 Å². The van der Waals surface area contributed by atoms with Gasteiger partial charge in [-0.05, 0) is 13.8 Å². The van der Waals surface area contributed by atoms with Gasteiger partial charge in [-0.15, -0.1) is 0 Å². The minimum absolute atomic E-state index is 0.0424. The van der Waals surface area contributed by atoms with Crippen LogP contribution in [0.15, 0.2) is 17.2 Å². The second-order valence-electron chi connectivity index (χ2n) is 3.37. The number of rotatable bonds is 3. The standard InChI is InChI=1S/C9H12ClN3O2/c1-6(2)12-7(14)5-13-4-3-11-8(10)9(13)15/h3-4,6H,5H2,1-2H3,(H,12,14). The van der Waals surface area contributed by atoms with E-state index in [4.69, 9.17) is 11.6 Å². The minimum atomic E-state index is -0.460. The molecule has 1 heterocycles. The fourth-order valence-electron chi connectivity index (χ4n) is 1.07. The fraction of sp³-hybridized carbons (Fsp3) is 0.444. The quantitative estimate of drug-likeness (QED) is 0.817. The second-order valence-corrected chi connectivity index (χ2v) is 3.73. The molecule has 0 atom stereocenters. The SMILES string of the molecule is CC(C)NC(=O)Cn1ccnc(Cl)c1=O. The van der Waals surface area contributed by atoms with Gasteiger partial charge >= 0.3 is 0 Å². The monoisotopic (exact) mass is 229 g/mol. The zero-order chi connectivity index (χ0) is 11.4. The van der Waals surface area contributed by atoms with E-state index < -0.39 is 5.56 Å². The lowest BCUT2D eigenvalue weighted by Gasteiger charge is -2.09. The van der Waals surface area contributed by atoms with E-state index in [2.05, 4.69) is 10.3 Å². The molecule has 6 heteroatoms. The van der Waals surface area contributed by atoms with E-state index in [1.165, 1.54) is 17.0 Å². The van der Waals surface area contributed by atoms with E-state index in [1.54, 1.807) is 0 Å². The number of halogens is 1. The van der Waals surface area contributed by atoms with Gasteiger partial charge in [-0.3, -0.25) is 9.59 Å². The normalized spacial score (nSPS) is 10.4. The van der Waals surface area contributed by atoms with Crippen LogP contribution in [0, 0.1) is 0 Å². The maximum atomic E-state index is 11.4. The first-order valence-corrected chi connectivity index (χ1v) is 4.89. The number of hydrogen-bond donors (Lipinski definition) is 1. The Balaban J connectivity index is 2.77. The molecule has 5 nitrogen and oxygen atoms in total. The van der Waals surface area contributed by atoms with Crippen LogP contribution in [0.4, 0.5) is 0 Å². The summed E-state index contributed by atoms with van der Waals surface area (Å²) in [5, 5.41) is 2.55. The molecule has 1 aromatic heterocycles. The molecule has 0 bridgehead atoms. The molecule has 1 N–H and O–H groups in total. The Labute approximate surface area is 92.1 Å². The molecule has 0 aliphatic heterocycles. The van der Waals surface area contributed by atoms with Crippen molar-refractivity contribution in [2.75, 3.05) is 0 Å². The van der Waals surface area contributed by atoms with Crippen LogP contribution < -0.4 is 10.9 Å². The Bertz CT molecular complexity index is 414. The molecule has 0 saturated heterocycles. The molecule has 0 aromatic carbocycles. The summed E-state index contributed by atoms with van der Waals surface area (Å²) in [5.74, 6) is -0.227. The largest absolute Gasteiger partial charge is 0.352 e. The average molecular weight is 230 g/mol. The molecule has 1 rings (SSSR count). The smallest absolute Gasteiger partial charge is 0.288 e. The summed E-state index contributed by atoms with van der Waals surface area (Å²) in [6.07, 6.45) is 2.81. The van der Waals surface area contributed by atoms with Crippen LogP contribution in [0.1, 0.15) is 13.8 Å². The highest BCUT2D eigenvalue weighted by Crippen LogP contribution is 1.93. The number of nitrogens with zero attached hydrogens (tertiary/aromatic N) is 2. The van der Waals surface area contributed by atoms with Crippen molar-refractivity contribution in [1.82, 2.24) is 14.9 Å². The summed E-state index contributed by atoms with van der Waals surface area (Å²) >= 11 is 5.53. The second kappa shape index (κ2) is 4.93. The van der Waals surface area contributed by atoms with Gasteiger partial charge < -0.3 is 9.88 Å². The third-order valence-electron chi connectivity index (χ3n) is 1.64. The Morgan fingerprint density at radius 2 is 2.33 bits per heavy atom. The van der Waals surface area contributed by atoms with Crippen LogP contribution in [0.25, 0.3) is 0 Å². The Morgan fingerprint density at radius 3 is 2.93 bits per heavy atom. The van der Waals surface area contributed by atoms with Gasteiger partial charge in [0, 0.05) is 18.4 Å². The Morgan fingerprint density at radius 1 is 1.67 bits per heavy atom. The number of carbonyl (C=O) groups is 1. The van der Waals surface area contributed by atoms with Crippen molar-refractivity contribution in [2.45, 2.75) is 26.4 Å². The van der Waals surface area contributed by atoms with Crippen LogP contribution >= 0.6 is 11.6 Å². The van der Waals surface area contributed by atoms with E-state index in [1.807, 2.05) is 13.8 Å². The molecule has 0 aliphatic carbocycles. The molecule has 82 valence electrons. The number of hydrogen-bond acceptors (Lipinski definition) is 3. The third-order valence-corrected chi connectivity index (χ3v) is 1.89. The van der Waals surface area contributed by atoms with Crippen LogP contribution in [-0.2, 0) is 11.3 Å². The van der Waals surface area contributed by atoms with E-state index in [-0.39, 0.29) is 23.6 Å². The molecule has 0 fully saturated rings. The number of aromatic nitrogens is 2. The molecule has 0 radical (unpaired) electrons. The molecule has 1 amide bonds. The number of nitrogens with one attached hydrogen (secondary N) is 1. The molecule has 15 heavy (non-hydrogen) atoms. The highest BCUT2D eigenvalue weighted by molar-refractivity contribution is 6.29. The summed E-state index contributed by atoms with van der Waals surface area (Å²) in [4.78, 5) is 26.3. The van der Waals surface area contributed by atoms with Crippen molar-refractivity contribution in [3.05, 3.63) is 27.9 Å². The lowest BCUT2D eigenvalue weighted by molar-refractivity contribution is -0.122. The molecular formula is C9H12ClN3O2. The summed E-state index contributed by atoms with van der Waals surface area (Å²) in [7, 11) is 0. The van der Waals surface area contributed by atoms with E-state index in [0.717, 1.165) is 0 Å². The van der Waals surface area contributed by atoms with Crippen molar-refractivity contribution in [2.24, 2.45) is 0 Å². The van der Waals surface area contributed by atoms with Gasteiger partial charge in [0.25, 0.3) is 5.56 Å². The topological polar surface area (TPSA) is 64.0 Å². The molecule has 0 saturated carbocycles. The fourth-order valence-corrected chi connectivity index (χ4v) is 1.23. The predicted octanol–water partition coefficient (Wildman–Crippen LogP) is 0.421. The summed E-state index contributed by atoms with van der Waals surface area (Å²) in [5.41, 5.74) is -0.460.